The second-order valence-electron chi connectivity index (χ2n) is 4.86. The van der Waals surface area contributed by atoms with E-state index in [9.17, 15) is 9.90 Å². The molecule has 1 saturated heterocycles. The smallest absolute Gasteiger partial charge is 0.258 e. The quantitative estimate of drug-likeness (QED) is 0.805. The SMILES string of the molecule is CC1CN(C)CCCN1C(=O)c1ccncc1O. The highest BCUT2D eigenvalue weighted by molar-refractivity contribution is 5.96. The van der Waals surface area contributed by atoms with Crippen LogP contribution in [-0.4, -0.2) is 58.5 Å². The van der Waals surface area contributed by atoms with Crippen molar-refractivity contribution in [2.24, 2.45) is 0 Å². The predicted molar refractivity (Wildman–Crippen MR) is 68.5 cm³/mol. The van der Waals surface area contributed by atoms with E-state index in [4.69, 9.17) is 0 Å². The number of rotatable bonds is 1. The highest BCUT2D eigenvalue weighted by Gasteiger charge is 2.26. The molecule has 0 saturated carbocycles. The zero-order chi connectivity index (χ0) is 13.1. The molecule has 1 unspecified atom stereocenters. The van der Waals surface area contributed by atoms with Gasteiger partial charge in [0.25, 0.3) is 5.91 Å². The van der Waals surface area contributed by atoms with Gasteiger partial charge in [-0.25, -0.2) is 0 Å². The molecule has 1 fully saturated rings. The zero-order valence-corrected chi connectivity index (χ0v) is 10.8. The molecule has 0 spiro atoms. The van der Waals surface area contributed by atoms with E-state index in [0.717, 1.165) is 26.1 Å². The summed E-state index contributed by atoms with van der Waals surface area (Å²) in [5, 5.41) is 9.70. The lowest BCUT2D eigenvalue weighted by molar-refractivity contribution is 0.0693. The van der Waals surface area contributed by atoms with E-state index in [1.807, 2.05) is 11.8 Å². The van der Waals surface area contributed by atoms with Gasteiger partial charge < -0.3 is 14.9 Å². The summed E-state index contributed by atoms with van der Waals surface area (Å²) < 4.78 is 0. The Labute approximate surface area is 107 Å². The van der Waals surface area contributed by atoms with Crippen molar-refractivity contribution in [3.05, 3.63) is 24.0 Å². The van der Waals surface area contributed by atoms with Crippen LogP contribution < -0.4 is 0 Å². The predicted octanol–water partition coefficient (Wildman–Crippen LogP) is 0.953. The van der Waals surface area contributed by atoms with E-state index in [1.165, 1.54) is 12.4 Å². The molecular formula is C13H19N3O2. The maximum atomic E-state index is 12.4. The zero-order valence-electron chi connectivity index (χ0n) is 10.8. The van der Waals surface area contributed by atoms with Crippen molar-refractivity contribution in [2.45, 2.75) is 19.4 Å². The summed E-state index contributed by atoms with van der Waals surface area (Å²) in [6, 6.07) is 1.72. The first-order chi connectivity index (χ1) is 8.59. The van der Waals surface area contributed by atoms with Crippen LogP contribution in [0.2, 0.25) is 0 Å². The van der Waals surface area contributed by atoms with Crippen molar-refractivity contribution in [2.75, 3.05) is 26.7 Å². The summed E-state index contributed by atoms with van der Waals surface area (Å²) in [5.41, 5.74) is 0.335. The third-order valence-corrected chi connectivity index (χ3v) is 3.34. The van der Waals surface area contributed by atoms with Crippen LogP contribution in [0.15, 0.2) is 18.5 Å². The first-order valence-electron chi connectivity index (χ1n) is 6.22. The van der Waals surface area contributed by atoms with E-state index in [-0.39, 0.29) is 17.7 Å². The molecule has 1 aromatic heterocycles. The lowest BCUT2D eigenvalue weighted by atomic mass is 10.1. The first kappa shape index (κ1) is 12.8. The van der Waals surface area contributed by atoms with E-state index in [2.05, 4.69) is 16.9 Å². The number of carbonyl (C=O) groups is 1. The normalized spacial score (nSPS) is 21.7. The summed E-state index contributed by atoms with van der Waals surface area (Å²) >= 11 is 0. The van der Waals surface area contributed by atoms with Gasteiger partial charge in [-0.05, 0) is 33.0 Å². The largest absolute Gasteiger partial charge is 0.505 e. The monoisotopic (exact) mass is 249 g/mol. The highest BCUT2D eigenvalue weighted by atomic mass is 16.3. The van der Waals surface area contributed by atoms with E-state index in [0.29, 0.717) is 5.56 Å². The van der Waals surface area contributed by atoms with Crippen LogP contribution in [0.25, 0.3) is 0 Å². The van der Waals surface area contributed by atoms with Crippen molar-refractivity contribution in [3.63, 3.8) is 0 Å². The molecule has 0 aliphatic carbocycles. The number of aromatic nitrogens is 1. The van der Waals surface area contributed by atoms with E-state index in [1.54, 1.807) is 6.07 Å². The fraction of sp³-hybridized carbons (Fsp3) is 0.538. The lowest BCUT2D eigenvalue weighted by Gasteiger charge is -2.28. The Morgan fingerprint density at radius 2 is 2.28 bits per heavy atom. The topological polar surface area (TPSA) is 56.7 Å². The molecular weight excluding hydrogens is 230 g/mol. The minimum Gasteiger partial charge on any atom is -0.505 e. The van der Waals surface area contributed by atoms with Gasteiger partial charge in [0.1, 0.15) is 5.75 Å². The lowest BCUT2D eigenvalue weighted by Crippen LogP contribution is -2.42. The molecule has 0 bridgehead atoms. The van der Waals surface area contributed by atoms with Crippen LogP contribution in [0, 0.1) is 0 Å². The maximum Gasteiger partial charge on any atom is 0.258 e. The standard InChI is InChI=1S/C13H19N3O2/c1-10-9-15(2)6-3-7-16(10)13(18)11-4-5-14-8-12(11)17/h4-5,8,10,17H,3,6-7,9H2,1-2H3. The van der Waals surface area contributed by atoms with Crippen LogP contribution in [0.1, 0.15) is 23.7 Å². The highest BCUT2D eigenvalue weighted by Crippen LogP contribution is 2.19. The Kier molecular flexibility index (Phi) is 3.81. The molecule has 0 radical (unpaired) electrons. The average Bonchev–Trinajstić information content (AvgIpc) is 2.50. The summed E-state index contributed by atoms with van der Waals surface area (Å²) in [6.07, 6.45) is 3.79. The minimum atomic E-state index is -0.113. The van der Waals surface area contributed by atoms with Gasteiger partial charge in [-0.15, -0.1) is 0 Å². The maximum absolute atomic E-state index is 12.4. The summed E-state index contributed by atoms with van der Waals surface area (Å²) in [5.74, 6) is -0.162. The van der Waals surface area contributed by atoms with Crippen LogP contribution in [-0.2, 0) is 0 Å². The number of likely N-dealkylation sites (N-methyl/N-ethyl adjacent to an activating group) is 1. The second kappa shape index (κ2) is 5.35. The van der Waals surface area contributed by atoms with E-state index < -0.39 is 0 Å². The van der Waals surface area contributed by atoms with Crippen LogP contribution in [0.5, 0.6) is 5.75 Å². The van der Waals surface area contributed by atoms with Gasteiger partial charge in [-0.1, -0.05) is 0 Å². The van der Waals surface area contributed by atoms with Crippen LogP contribution in [0.3, 0.4) is 0 Å². The number of nitrogens with zero attached hydrogens (tertiary/aromatic N) is 3. The second-order valence-corrected chi connectivity index (χ2v) is 4.86. The summed E-state index contributed by atoms with van der Waals surface area (Å²) in [7, 11) is 2.06. The van der Waals surface area contributed by atoms with Gasteiger partial charge in [-0.3, -0.25) is 9.78 Å². The molecule has 0 aromatic carbocycles. The molecule has 2 heterocycles. The molecule has 1 aliphatic heterocycles. The fourth-order valence-corrected chi connectivity index (χ4v) is 2.40. The van der Waals surface area contributed by atoms with Gasteiger partial charge >= 0.3 is 0 Å². The van der Waals surface area contributed by atoms with Crippen molar-refractivity contribution in [1.29, 1.82) is 0 Å². The van der Waals surface area contributed by atoms with Crippen molar-refractivity contribution < 1.29 is 9.90 Å². The van der Waals surface area contributed by atoms with E-state index >= 15 is 0 Å². The van der Waals surface area contributed by atoms with Gasteiger partial charge in [0, 0.05) is 25.3 Å². The number of hydrogen-bond acceptors (Lipinski definition) is 4. The van der Waals surface area contributed by atoms with Gasteiger partial charge in [0.2, 0.25) is 0 Å². The third-order valence-electron chi connectivity index (χ3n) is 3.34. The molecule has 1 aliphatic rings. The molecule has 18 heavy (non-hydrogen) atoms. The number of aromatic hydroxyl groups is 1. The van der Waals surface area contributed by atoms with Gasteiger partial charge in [0.15, 0.2) is 0 Å². The molecule has 5 heteroatoms. The van der Waals surface area contributed by atoms with Gasteiger partial charge in [-0.2, -0.15) is 0 Å². The van der Waals surface area contributed by atoms with Crippen LogP contribution >= 0.6 is 0 Å². The Morgan fingerprint density at radius 1 is 1.50 bits per heavy atom. The third kappa shape index (κ3) is 2.61. The van der Waals surface area contributed by atoms with Crippen LogP contribution in [0.4, 0.5) is 0 Å². The minimum absolute atomic E-state index is 0.0488. The number of carbonyl (C=O) groups excluding carboxylic acids is 1. The molecule has 1 amide bonds. The Bertz CT molecular complexity index is 436. The molecule has 2 rings (SSSR count). The number of amides is 1. The first-order valence-corrected chi connectivity index (χ1v) is 6.22. The number of pyridine rings is 1. The Hall–Kier alpha value is -1.62. The van der Waals surface area contributed by atoms with Crippen molar-refractivity contribution in [1.82, 2.24) is 14.8 Å². The average molecular weight is 249 g/mol. The molecule has 5 nitrogen and oxygen atoms in total. The summed E-state index contributed by atoms with van der Waals surface area (Å²) in [4.78, 5) is 20.3. The Morgan fingerprint density at radius 3 is 3.00 bits per heavy atom. The molecule has 1 aromatic rings. The number of hydrogen-bond donors (Lipinski definition) is 1. The Balaban J connectivity index is 2.20. The summed E-state index contributed by atoms with van der Waals surface area (Å²) in [6.45, 7) is 4.62. The fourth-order valence-electron chi connectivity index (χ4n) is 2.40. The molecule has 98 valence electrons. The molecule has 1 N–H and O–H groups in total. The molecule has 1 atom stereocenters. The van der Waals surface area contributed by atoms with Crippen molar-refractivity contribution in [3.8, 4) is 5.75 Å². The van der Waals surface area contributed by atoms with Gasteiger partial charge in [0.05, 0.1) is 11.8 Å². The van der Waals surface area contributed by atoms with Crippen molar-refractivity contribution >= 4 is 5.91 Å².